The number of rotatable bonds is 6. The van der Waals surface area contributed by atoms with Crippen molar-refractivity contribution >= 4 is 16.9 Å². The van der Waals surface area contributed by atoms with Crippen molar-refractivity contribution in [2.24, 2.45) is 0 Å². The fraction of sp³-hybridized carbons (Fsp3) is 0.208. The van der Waals surface area contributed by atoms with Gasteiger partial charge in [-0.3, -0.25) is 0 Å². The summed E-state index contributed by atoms with van der Waals surface area (Å²) < 4.78 is 14.8. The van der Waals surface area contributed by atoms with Crippen LogP contribution in [0.25, 0.3) is 0 Å². The van der Waals surface area contributed by atoms with Gasteiger partial charge in [-0.1, -0.05) is 67.9 Å². The monoisotopic (exact) mass is 396 g/mol. The molecule has 1 atom stereocenters. The van der Waals surface area contributed by atoms with Gasteiger partial charge < -0.3 is 9.90 Å². The van der Waals surface area contributed by atoms with E-state index in [1.54, 1.807) is 0 Å². The molecule has 3 rings (SSSR count). The molecule has 146 valence electrons. The molecule has 0 aliphatic carbocycles. The van der Waals surface area contributed by atoms with Crippen molar-refractivity contribution in [3.05, 3.63) is 90.5 Å². The van der Waals surface area contributed by atoms with Crippen LogP contribution in [0.5, 0.6) is 0 Å². The van der Waals surface area contributed by atoms with E-state index in [1.807, 2.05) is 37.3 Å². The summed E-state index contributed by atoms with van der Waals surface area (Å²) in [5.74, 6) is -1.08. The lowest BCUT2D eigenvalue weighted by Crippen LogP contribution is -2.16. The highest BCUT2D eigenvalue weighted by atomic mass is 32.2. The van der Waals surface area contributed by atoms with Crippen molar-refractivity contribution in [1.82, 2.24) is 0 Å². The van der Waals surface area contributed by atoms with Crippen LogP contribution >= 0.6 is 0 Å². The van der Waals surface area contributed by atoms with Crippen molar-refractivity contribution in [2.75, 3.05) is 0 Å². The fourth-order valence-electron chi connectivity index (χ4n) is 2.84. The Morgan fingerprint density at radius 1 is 0.893 bits per heavy atom. The highest BCUT2D eigenvalue weighted by Crippen LogP contribution is 2.37. The molecule has 0 spiro atoms. The standard InChI is InChI=1S/C22H22FS.C2H4O2/c1-2-11-21(23)20-16-9-10-17-22(20)24(18-12-5-3-6-13-18)19-14-7-4-8-15-19;1-2(3)4/h3-10,12-17,21H,2,11H2,1H3;1H3,(H,3,4)/q+1;/p-1. The molecule has 0 aliphatic heterocycles. The number of carbonyl (C=O) groups excluding carboxylic acids is 1. The van der Waals surface area contributed by atoms with Crippen LogP contribution in [-0.4, -0.2) is 5.97 Å². The second kappa shape index (κ2) is 11.3. The number of carboxylic acids is 1. The third-order valence-electron chi connectivity index (χ3n) is 3.98. The highest BCUT2D eigenvalue weighted by molar-refractivity contribution is 7.97. The zero-order valence-corrected chi connectivity index (χ0v) is 17.0. The molecule has 0 aromatic heterocycles. The van der Waals surface area contributed by atoms with Crippen LogP contribution in [0.1, 0.15) is 38.4 Å². The van der Waals surface area contributed by atoms with Gasteiger partial charge in [0.1, 0.15) is 6.17 Å². The van der Waals surface area contributed by atoms with Gasteiger partial charge in [0.15, 0.2) is 14.7 Å². The predicted octanol–water partition coefficient (Wildman–Crippen LogP) is 5.35. The van der Waals surface area contributed by atoms with E-state index < -0.39 is 12.1 Å². The van der Waals surface area contributed by atoms with E-state index in [4.69, 9.17) is 9.90 Å². The molecule has 3 aromatic carbocycles. The fourth-order valence-corrected chi connectivity index (χ4v) is 5.12. The summed E-state index contributed by atoms with van der Waals surface area (Å²) in [6, 6.07) is 28.8. The number of benzene rings is 3. The second-order valence-electron chi connectivity index (χ2n) is 6.22. The van der Waals surface area contributed by atoms with Gasteiger partial charge in [0, 0.05) is 11.5 Å². The van der Waals surface area contributed by atoms with Crippen molar-refractivity contribution in [3.63, 3.8) is 0 Å². The number of hydrogen-bond acceptors (Lipinski definition) is 2. The zero-order chi connectivity index (χ0) is 20.4. The molecule has 0 heterocycles. The van der Waals surface area contributed by atoms with Crippen molar-refractivity contribution in [3.8, 4) is 0 Å². The van der Waals surface area contributed by atoms with E-state index in [-0.39, 0.29) is 10.9 Å². The normalized spacial score (nSPS) is 11.4. The Morgan fingerprint density at radius 3 is 1.79 bits per heavy atom. The molecule has 0 fully saturated rings. The lowest BCUT2D eigenvalue weighted by atomic mass is 10.1. The molecule has 0 bridgehead atoms. The summed E-state index contributed by atoms with van der Waals surface area (Å²) in [5, 5.41) is 8.89. The van der Waals surface area contributed by atoms with Crippen LogP contribution in [0.2, 0.25) is 0 Å². The Kier molecular flexibility index (Phi) is 8.76. The average molecular weight is 397 g/mol. The Hall–Kier alpha value is -2.59. The number of halogens is 1. The van der Waals surface area contributed by atoms with E-state index in [2.05, 4.69) is 54.6 Å². The van der Waals surface area contributed by atoms with Crippen molar-refractivity contribution < 1.29 is 14.3 Å². The third-order valence-corrected chi connectivity index (χ3v) is 6.28. The Labute approximate surface area is 169 Å². The van der Waals surface area contributed by atoms with E-state index in [9.17, 15) is 4.39 Å². The second-order valence-corrected chi connectivity index (χ2v) is 8.21. The van der Waals surface area contributed by atoms with Crippen molar-refractivity contribution in [1.29, 1.82) is 0 Å². The maximum absolute atomic E-state index is 14.8. The minimum atomic E-state index is -1.08. The van der Waals surface area contributed by atoms with Gasteiger partial charge in [-0.2, -0.15) is 0 Å². The summed E-state index contributed by atoms with van der Waals surface area (Å²) >= 11 is 0. The molecule has 0 N–H and O–H groups in total. The van der Waals surface area contributed by atoms with Gasteiger partial charge in [0.05, 0.1) is 10.9 Å². The van der Waals surface area contributed by atoms with Gasteiger partial charge in [0.2, 0.25) is 0 Å². The SMILES string of the molecule is CC(=O)[O-].CCCC(F)c1ccccc1[S+](c1ccccc1)c1ccccc1. The predicted molar refractivity (Wildman–Crippen MR) is 111 cm³/mol. The average Bonchev–Trinajstić information content (AvgIpc) is 2.70. The number of carbonyl (C=O) groups is 1. The van der Waals surface area contributed by atoms with Crippen LogP contribution in [0.15, 0.2) is 99.6 Å². The number of hydrogen-bond donors (Lipinski definition) is 0. The summed E-state index contributed by atoms with van der Waals surface area (Å²) in [5.41, 5.74) is 0.829. The third kappa shape index (κ3) is 6.24. The Balaban J connectivity index is 0.000000640. The van der Waals surface area contributed by atoms with Crippen LogP contribution in [0, 0.1) is 0 Å². The molecular weight excluding hydrogens is 371 g/mol. The van der Waals surface area contributed by atoms with Gasteiger partial charge in [0.25, 0.3) is 0 Å². The quantitative estimate of drug-likeness (QED) is 0.527. The van der Waals surface area contributed by atoms with Crippen LogP contribution < -0.4 is 5.11 Å². The van der Waals surface area contributed by atoms with E-state index >= 15 is 0 Å². The number of alkyl halides is 1. The van der Waals surface area contributed by atoms with Gasteiger partial charge in [-0.25, -0.2) is 4.39 Å². The maximum Gasteiger partial charge on any atom is 0.172 e. The molecule has 2 nitrogen and oxygen atoms in total. The van der Waals surface area contributed by atoms with Gasteiger partial charge in [-0.05, 0) is 43.7 Å². The van der Waals surface area contributed by atoms with E-state index in [0.717, 1.165) is 23.8 Å². The minimum Gasteiger partial charge on any atom is -0.550 e. The first kappa shape index (κ1) is 21.7. The Morgan fingerprint density at radius 2 is 1.32 bits per heavy atom. The summed E-state index contributed by atoms with van der Waals surface area (Å²) in [6.07, 6.45) is 0.506. The van der Waals surface area contributed by atoms with Crippen LogP contribution in [-0.2, 0) is 15.7 Å². The maximum atomic E-state index is 14.8. The molecular formula is C24H25FO2S. The van der Waals surface area contributed by atoms with Crippen molar-refractivity contribution in [2.45, 2.75) is 47.5 Å². The molecule has 0 amide bonds. The first-order valence-electron chi connectivity index (χ1n) is 9.29. The first-order valence-corrected chi connectivity index (χ1v) is 10.5. The molecule has 4 heteroatoms. The van der Waals surface area contributed by atoms with Crippen LogP contribution in [0.3, 0.4) is 0 Å². The molecule has 0 saturated heterocycles. The number of aliphatic carboxylic acids is 1. The van der Waals surface area contributed by atoms with Gasteiger partial charge >= 0.3 is 0 Å². The first-order chi connectivity index (χ1) is 13.5. The smallest absolute Gasteiger partial charge is 0.172 e. The molecule has 3 aromatic rings. The lowest BCUT2D eigenvalue weighted by Gasteiger charge is -2.14. The van der Waals surface area contributed by atoms with Crippen LogP contribution in [0.4, 0.5) is 4.39 Å². The molecule has 0 aliphatic rings. The molecule has 0 radical (unpaired) electrons. The largest absolute Gasteiger partial charge is 0.550 e. The molecule has 1 unspecified atom stereocenters. The van der Waals surface area contributed by atoms with E-state index in [0.29, 0.717) is 6.42 Å². The minimum absolute atomic E-state index is 0.290. The lowest BCUT2D eigenvalue weighted by molar-refractivity contribution is -0.302. The topological polar surface area (TPSA) is 40.1 Å². The van der Waals surface area contributed by atoms with Gasteiger partial charge in [-0.15, -0.1) is 0 Å². The van der Waals surface area contributed by atoms with E-state index in [1.165, 1.54) is 9.79 Å². The molecule has 28 heavy (non-hydrogen) atoms. The molecule has 0 saturated carbocycles. The number of carboxylic acid groups (broad SMARTS) is 1. The summed E-state index contributed by atoms with van der Waals surface area (Å²) in [7, 11) is -0.290. The summed E-state index contributed by atoms with van der Waals surface area (Å²) in [4.78, 5) is 12.4. The highest BCUT2D eigenvalue weighted by Gasteiger charge is 2.32. The summed E-state index contributed by atoms with van der Waals surface area (Å²) in [6.45, 7) is 3.00. The zero-order valence-electron chi connectivity index (χ0n) is 16.2. The Bertz CT molecular complexity index is 809.